The summed E-state index contributed by atoms with van der Waals surface area (Å²) in [6, 6.07) is 5.33. The first-order chi connectivity index (χ1) is 8.13. The van der Waals surface area contributed by atoms with Crippen molar-refractivity contribution in [3.8, 4) is 0 Å². The van der Waals surface area contributed by atoms with Crippen molar-refractivity contribution in [2.75, 3.05) is 13.1 Å². The Morgan fingerprint density at radius 3 is 2.71 bits per heavy atom. The van der Waals surface area contributed by atoms with Gasteiger partial charge < -0.3 is 10.0 Å². The highest BCUT2D eigenvalue weighted by molar-refractivity contribution is 5.82. The largest absolute Gasteiger partial charge is 0.480 e. The van der Waals surface area contributed by atoms with Crippen LogP contribution in [-0.2, 0) is 16.0 Å². The van der Waals surface area contributed by atoms with Gasteiger partial charge >= 0.3 is 5.97 Å². The molecule has 0 spiro atoms. The number of pyridine rings is 1. The second kappa shape index (κ2) is 6.62. The van der Waals surface area contributed by atoms with Crippen molar-refractivity contribution in [2.24, 2.45) is 0 Å². The van der Waals surface area contributed by atoms with Crippen LogP contribution in [0.3, 0.4) is 0 Å². The molecule has 0 aliphatic rings. The van der Waals surface area contributed by atoms with Crippen molar-refractivity contribution in [3.63, 3.8) is 0 Å². The van der Waals surface area contributed by atoms with E-state index in [1.165, 1.54) is 4.90 Å². The second-order valence-corrected chi connectivity index (χ2v) is 3.71. The number of hydrogen-bond acceptors (Lipinski definition) is 3. The summed E-state index contributed by atoms with van der Waals surface area (Å²) < 4.78 is 0. The molecule has 1 rings (SSSR count). The number of rotatable bonds is 6. The summed E-state index contributed by atoms with van der Waals surface area (Å²) in [5, 5.41) is 8.72. The van der Waals surface area contributed by atoms with Gasteiger partial charge in [-0.25, -0.2) is 0 Å². The molecule has 1 N–H and O–H groups in total. The number of carbonyl (C=O) groups is 2. The zero-order valence-corrected chi connectivity index (χ0v) is 9.80. The Balaban J connectivity index is 2.62. The van der Waals surface area contributed by atoms with Gasteiger partial charge in [-0.3, -0.25) is 14.6 Å². The molecule has 17 heavy (non-hydrogen) atoms. The van der Waals surface area contributed by atoms with Crippen LogP contribution >= 0.6 is 0 Å². The molecular weight excluding hydrogens is 220 g/mol. The summed E-state index contributed by atoms with van der Waals surface area (Å²) in [6.07, 6.45) is 2.50. The third-order valence-electron chi connectivity index (χ3n) is 2.23. The summed E-state index contributed by atoms with van der Waals surface area (Å²) in [5.41, 5.74) is 0.656. The molecule has 1 aromatic rings. The summed E-state index contributed by atoms with van der Waals surface area (Å²) >= 11 is 0. The van der Waals surface area contributed by atoms with Crippen LogP contribution < -0.4 is 0 Å². The molecule has 0 atom stereocenters. The highest BCUT2D eigenvalue weighted by Gasteiger charge is 2.16. The lowest BCUT2D eigenvalue weighted by atomic mass is 10.2. The molecule has 5 heteroatoms. The van der Waals surface area contributed by atoms with E-state index in [0.717, 1.165) is 6.42 Å². The fourth-order valence-electron chi connectivity index (χ4n) is 1.49. The van der Waals surface area contributed by atoms with E-state index < -0.39 is 5.97 Å². The van der Waals surface area contributed by atoms with Gasteiger partial charge in [0.25, 0.3) is 0 Å². The molecule has 0 aliphatic heterocycles. The molecule has 0 unspecified atom stereocenters. The van der Waals surface area contributed by atoms with E-state index in [-0.39, 0.29) is 18.9 Å². The van der Waals surface area contributed by atoms with E-state index >= 15 is 0 Å². The standard InChI is InChI=1S/C12H16N2O3/c1-2-7-14(9-12(16)17)11(15)8-10-5-3-4-6-13-10/h3-6H,2,7-9H2,1H3,(H,16,17). The summed E-state index contributed by atoms with van der Waals surface area (Å²) in [4.78, 5) is 27.9. The van der Waals surface area contributed by atoms with Crippen LogP contribution in [0, 0.1) is 0 Å². The lowest BCUT2D eigenvalue weighted by Crippen LogP contribution is -2.37. The predicted octanol–water partition coefficient (Wildman–Crippen LogP) is 0.947. The highest BCUT2D eigenvalue weighted by Crippen LogP contribution is 2.01. The topological polar surface area (TPSA) is 70.5 Å². The molecule has 1 aromatic heterocycles. The van der Waals surface area contributed by atoms with Crippen molar-refractivity contribution in [1.82, 2.24) is 9.88 Å². The minimum atomic E-state index is -0.993. The van der Waals surface area contributed by atoms with E-state index in [2.05, 4.69) is 4.98 Å². The number of hydrogen-bond donors (Lipinski definition) is 1. The first-order valence-electron chi connectivity index (χ1n) is 5.53. The Morgan fingerprint density at radius 2 is 2.18 bits per heavy atom. The zero-order chi connectivity index (χ0) is 12.7. The number of amides is 1. The van der Waals surface area contributed by atoms with Crippen LogP contribution in [0.5, 0.6) is 0 Å². The van der Waals surface area contributed by atoms with Crippen molar-refractivity contribution in [1.29, 1.82) is 0 Å². The first kappa shape index (κ1) is 13.2. The van der Waals surface area contributed by atoms with Crippen LogP contribution in [0.25, 0.3) is 0 Å². The number of carboxylic acids is 1. The maximum Gasteiger partial charge on any atom is 0.323 e. The van der Waals surface area contributed by atoms with Gasteiger partial charge in [0.15, 0.2) is 0 Å². The van der Waals surface area contributed by atoms with Crippen molar-refractivity contribution in [2.45, 2.75) is 19.8 Å². The third-order valence-corrected chi connectivity index (χ3v) is 2.23. The lowest BCUT2D eigenvalue weighted by Gasteiger charge is -2.19. The third kappa shape index (κ3) is 4.63. The van der Waals surface area contributed by atoms with Crippen LogP contribution in [0.15, 0.2) is 24.4 Å². The molecular formula is C12H16N2O3. The van der Waals surface area contributed by atoms with E-state index in [4.69, 9.17) is 5.11 Å². The van der Waals surface area contributed by atoms with Crippen LogP contribution in [0.2, 0.25) is 0 Å². The normalized spacial score (nSPS) is 9.94. The van der Waals surface area contributed by atoms with Crippen molar-refractivity contribution in [3.05, 3.63) is 30.1 Å². The van der Waals surface area contributed by atoms with E-state index in [0.29, 0.717) is 12.2 Å². The molecule has 0 aromatic carbocycles. The lowest BCUT2D eigenvalue weighted by molar-refractivity contribution is -0.144. The summed E-state index contributed by atoms with van der Waals surface area (Å²) in [6.45, 7) is 2.11. The minimum absolute atomic E-state index is 0.147. The predicted molar refractivity (Wildman–Crippen MR) is 62.4 cm³/mol. The Kier molecular flexibility index (Phi) is 5.13. The number of nitrogens with zero attached hydrogens (tertiary/aromatic N) is 2. The maximum atomic E-state index is 11.9. The SMILES string of the molecule is CCCN(CC(=O)O)C(=O)Cc1ccccn1. The average Bonchev–Trinajstić information content (AvgIpc) is 2.29. The van der Waals surface area contributed by atoms with Crippen molar-refractivity contribution >= 4 is 11.9 Å². The van der Waals surface area contributed by atoms with Crippen LogP contribution in [0.4, 0.5) is 0 Å². The fourth-order valence-corrected chi connectivity index (χ4v) is 1.49. The first-order valence-corrected chi connectivity index (χ1v) is 5.53. The molecule has 0 saturated heterocycles. The fraction of sp³-hybridized carbons (Fsp3) is 0.417. The van der Waals surface area contributed by atoms with Gasteiger partial charge in [0, 0.05) is 18.4 Å². The molecule has 1 heterocycles. The van der Waals surface area contributed by atoms with Gasteiger partial charge in [0.2, 0.25) is 5.91 Å². The molecule has 0 saturated carbocycles. The maximum absolute atomic E-state index is 11.9. The van der Waals surface area contributed by atoms with Gasteiger partial charge in [-0.2, -0.15) is 0 Å². The molecule has 0 fully saturated rings. The molecule has 0 aliphatic carbocycles. The summed E-state index contributed by atoms with van der Waals surface area (Å²) in [7, 11) is 0. The molecule has 92 valence electrons. The number of carbonyl (C=O) groups excluding carboxylic acids is 1. The van der Waals surface area contributed by atoms with Gasteiger partial charge in [-0.15, -0.1) is 0 Å². The Hall–Kier alpha value is -1.91. The zero-order valence-electron chi connectivity index (χ0n) is 9.80. The van der Waals surface area contributed by atoms with E-state index in [1.54, 1.807) is 24.4 Å². The van der Waals surface area contributed by atoms with Gasteiger partial charge in [-0.05, 0) is 18.6 Å². The molecule has 5 nitrogen and oxygen atoms in total. The number of aromatic nitrogens is 1. The quantitative estimate of drug-likeness (QED) is 0.798. The highest BCUT2D eigenvalue weighted by atomic mass is 16.4. The van der Waals surface area contributed by atoms with Gasteiger partial charge in [-0.1, -0.05) is 13.0 Å². The number of carboxylic acid groups (broad SMARTS) is 1. The average molecular weight is 236 g/mol. The number of aliphatic carboxylic acids is 1. The van der Waals surface area contributed by atoms with E-state index in [1.807, 2.05) is 6.92 Å². The monoisotopic (exact) mass is 236 g/mol. The van der Waals surface area contributed by atoms with Gasteiger partial charge in [0.05, 0.1) is 6.42 Å². The Bertz CT molecular complexity index is 379. The van der Waals surface area contributed by atoms with Crippen LogP contribution in [0.1, 0.15) is 19.0 Å². The minimum Gasteiger partial charge on any atom is -0.480 e. The molecule has 0 bridgehead atoms. The molecule has 1 amide bonds. The van der Waals surface area contributed by atoms with Crippen molar-refractivity contribution < 1.29 is 14.7 Å². The summed E-state index contributed by atoms with van der Waals surface area (Å²) in [5.74, 6) is -1.19. The van der Waals surface area contributed by atoms with Gasteiger partial charge in [0.1, 0.15) is 6.54 Å². The smallest absolute Gasteiger partial charge is 0.323 e. The van der Waals surface area contributed by atoms with E-state index in [9.17, 15) is 9.59 Å². The Labute approximate surface area is 100 Å². The van der Waals surface area contributed by atoms with Crippen LogP contribution in [-0.4, -0.2) is 40.0 Å². The Morgan fingerprint density at radius 1 is 1.41 bits per heavy atom. The molecule has 0 radical (unpaired) electrons. The second-order valence-electron chi connectivity index (χ2n) is 3.71.